The average Bonchev–Trinajstić information content (AvgIpc) is 3.58. The molecular formula is C33H48IN3O9. The fourth-order valence-electron chi connectivity index (χ4n) is 7.44. The Kier molecular flexibility index (Phi) is 11.6. The number of aliphatic hydroxyl groups is 2. The van der Waals surface area contributed by atoms with Crippen LogP contribution in [0.4, 0.5) is 0 Å². The molecule has 13 heteroatoms. The smallest absolute Gasteiger partial charge is 0.327 e. The van der Waals surface area contributed by atoms with Crippen LogP contribution >= 0.6 is 22.6 Å². The molecule has 0 radical (unpaired) electrons. The molecule has 4 aliphatic rings. The third kappa shape index (κ3) is 6.96. The lowest BCUT2D eigenvalue weighted by atomic mass is 9.62. The second-order valence-corrected chi connectivity index (χ2v) is 14.3. The Labute approximate surface area is 284 Å². The van der Waals surface area contributed by atoms with E-state index in [2.05, 4.69) is 47.1 Å². The molecule has 0 aromatic heterocycles. The molecule has 4 fully saturated rings. The molecule has 1 saturated carbocycles. The van der Waals surface area contributed by atoms with Crippen LogP contribution in [0.5, 0.6) is 0 Å². The minimum Gasteiger partial charge on any atom is -0.458 e. The van der Waals surface area contributed by atoms with Crippen molar-refractivity contribution >= 4 is 40.4 Å². The van der Waals surface area contributed by atoms with Crippen LogP contribution in [0.2, 0.25) is 0 Å². The standard InChI is InChI=1S/C33H48IN3O9/c1-4-6-8-14-32(15-9-7-5-2)44-25-23-18-33(31(42)36-24(20(3)39)29(40)35-16-17-38)27(30(41)43-23)37(46-28(33)26(25)45-32)19-21-10-12-22(34)13-11-21/h10-13,20,23-28,38-39H,4-9,14-19H2,1-3H3,(H,35,40)(H,36,42). The normalized spacial score (nSPS) is 30.7. The van der Waals surface area contributed by atoms with Crippen LogP contribution in [0.1, 0.15) is 84.1 Å². The number of unbranched alkanes of at least 4 members (excludes halogenated alkanes) is 4. The summed E-state index contributed by atoms with van der Waals surface area (Å²) in [5, 5.41) is 26.5. The summed E-state index contributed by atoms with van der Waals surface area (Å²) >= 11 is 2.22. The van der Waals surface area contributed by atoms with Gasteiger partial charge in [-0.15, -0.1) is 0 Å². The molecule has 46 heavy (non-hydrogen) atoms. The van der Waals surface area contributed by atoms with E-state index in [9.17, 15) is 24.6 Å². The number of ether oxygens (including phenoxy) is 3. The number of carbonyl (C=O) groups is 3. The van der Waals surface area contributed by atoms with E-state index < -0.39 is 71.6 Å². The third-order valence-electron chi connectivity index (χ3n) is 9.71. The number of hydrogen-bond acceptors (Lipinski definition) is 10. The summed E-state index contributed by atoms with van der Waals surface area (Å²) in [6.45, 7) is 5.56. The van der Waals surface area contributed by atoms with Gasteiger partial charge in [-0.1, -0.05) is 51.7 Å². The molecule has 8 unspecified atom stereocenters. The van der Waals surface area contributed by atoms with Crippen molar-refractivity contribution in [3.63, 3.8) is 0 Å². The van der Waals surface area contributed by atoms with Crippen molar-refractivity contribution in [2.45, 2.75) is 133 Å². The molecule has 12 nitrogen and oxygen atoms in total. The summed E-state index contributed by atoms with van der Waals surface area (Å²) in [5.74, 6) is -2.74. The molecular weight excluding hydrogens is 709 g/mol. The lowest BCUT2D eigenvalue weighted by molar-refractivity contribution is -0.224. The van der Waals surface area contributed by atoms with Crippen LogP contribution in [0.25, 0.3) is 0 Å². The van der Waals surface area contributed by atoms with Gasteiger partial charge in [-0.3, -0.25) is 19.2 Å². The SMILES string of the molecule is CCCCCC1(CCCCC)OC2C3CC4(C(=O)NC(C(=O)NCCO)C(C)O)C(ON(Cc5ccc(I)cc5)C4C(=O)O3)C2O1. The Bertz CT molecular complexity index is 1220. The Balaban J connectivity index is 1.52. The maximum Gasteiger partial charge on any atom is 0.327 e. The van der Waals surface area contributed by atoms with Crippen LogP contribution in [0.3, 0.4) is 0 Å². The topological polar surface area (TPSA) is 156 Å². The number of halogens is 1. The molecule has 4 N–H and O–H groups in total. The van der Waals surface area contributed by atoms with Gasteiger partial charge in [0.2, 0.25) is 11.8 Å². The largest absolute Gasteiger partial charge is 0.458 e. The molecule has 3 heterocycles. The Morgan fingerprint density at radius 1 is 1.07 bits per heavy atom. The van der Waals surface area contributed by atoms with Crippen LogP contribution in [-0.4, -0.2) is 94.6 Å². The Morgan fingerprint density at radius 3 is 2.33 bits per heavy atom. The van der Waals surface area contributed by atoms with Gasteiger partial charge in [-0.2, -0.15) is 5.06 Å². The number of fused-ring (bicyclic) bond motifs is 4. The molecule has 2 bridgehead atoms. The van der Waals surface area contributed by atoms with Gasteiger partial charge in [-0.05, 0) is 60.1 Å². The highest BCUT2D eigenvalue weighted by atomic mass is 127. The monoisotopic (exact) mass is 757 g/mol. The van der Waals surface area contributed by atoms with Gasteiger partial charge >= 0.3 is 5.97 Å². The molecule has 5 rings (SSSR count). The van der Waals surface area contributed by atoms with Gasteiger partial charge in [-0.25, -0.2) is 0 Å². The summed E-state index contributed by atoms with van der Waals surface area (Å²) in [4.78, 5) is 48.1. The summed E-state index contributed by atoms with van der Waals surface area (Å²) < 4.78 is 20.8. The Hall–Kier alpha value is -1.88. The highest BCUT2D eigenvalue weighted by Crippen LogP contribution is 2.58. The van der Waals surface area contributed by atoms with Crippen molar-refractivity contribution in [2.24, 2.45) is 5.41 Å². The zero-order chi connectivity index (χ0) is 33.1. The number of esters is 1. The third-order valence-corrected chi connectivity index (χ3v) is 10.4. The first-order valence-corrected chi connectivity index (χ1v) is 17.8. The number of benzene rings is 1. The zero-order valence-electron chi connectivity index (χ0n) is 26.9. The summed E-state index contributed by atoms with van der Waals surface area (Å²) in [5.41, 5.74) is -0.607. The molecule has 3 saturated heterocycles. The first kappa shape index (κ1) is 35.4. The maximum absolute atomic E-state index is 14.6. The first-order valence-electron chi connectivity index (χ1n) is 16.7. The van der Waals surface area contributed by atoms with E-state index in [-0.39, 0.29) is 26.1 Å². The van der Waals surface area contributed by atoms with Crippen molar-refractivity contribution in [3.8, 4) is 0 Å². The van der Waals surface area contributed by atoms with Gasteiger partial charge in [0.1, 0.15) is 35.9 Å². The van der Waals surface area contributed by atoms with Gasteiger partial charge in [0.25, 0.3) is 0 Å². The second-order valence-electron chi connectivity index (χ2n) is 13.0. The van der Waals surface area contributed by atoms with Gasteiger partial charge < -0.3 is 35.1 Å². The van der Waals surface area contributed by atoms with Crippen LogP contribution in [0, 0.1) is 8.99 Å². The van der Waals surface area contributed by atoms with E-state index in [0.717, 1.165) is 47.7 Å². The predicted octanol–water partition coefficient (Wildman–Crippen LogP) is 2.71. The van der Waals surface area contributed by atoms with Crippen LogP contribution in [-0.2, 0) is 40.0 Å². The lowest BCUT2D eigenvalue weighted by Crippen LogP contribution is -2.71. The molecule has 2 amide bonds. The number of hydrogen-bond donors (Lipinski definition) is 4. The number of aliphatic hydroxyl groups excluding tert-OH is 2. The number of nitrogens with zero attached hydrogens (tertiary/aromatic N) is 1. The number of hydroxylamine groups is 2. The fraction of sp³-hybridized carbons (Fsp3) is 0.727. The molecule has 1 aromatic carbocycles. The fourth-order valence-corrected chi connectivity index (χ4v) is 7.80. The molecule has 256 valence electrons. The maximum atomic E-state index is 14.6. The van der Waals surface area contributed by atoms with Gasteiger partial charge in [0.15, 0.2) is 11.8 Å². The van der Waals surface area contributed by atoms with E-state index in [4.69, 9.17) is 19.0 Å². The lowest BCUT2D eigenvalue weighted by Gasteiger charge is -2.49. The molecule has 8 atom stereocenters. The highest BCUT2D eigenvalue weighted by molar-refractivity contribution is 14.1. The number of nitrogens with one attached hydrogen (secondary N) is 2. The minimum atomic E-state index is -1.49. The van der Waals surface area contributed by atoms with Crippen molar-refractivity contribution in [1.29, 1.82) is 0 Å². The van der Waals surface area contributed by atoms with E-state index in [1.165, 1.54) is 12.0 Å². The van der Waals surface area contributed by atoms with E-state index in [0.29, 0.717) is 12.8 Å². The first-order chi connectivity index (χ1) is 22.1. The van der Waals surface area contributed by atoms with Gasteiger partial charge in [0.05, 0.1) is 19.3 Å². The summed E-state index contributed by atoms with van der Waals surface area (Å²) in [6.07, 6.45) is 3.14. The van der Waals surface area contributed by atoms with Crippen molar-refractivity contribution in [1.82, 2.24) is 15.7 Å². The van der Waals surface area contributed by atoms with Crippen molar-refractivity contribution < 1.29 is 43.6 Å². The molecule has 1 aliphatic carbocycles. The quantitative estimate of drug-likeness (QED) is 0.112. The van der Waals surface area contributed by atoms with E-state index in [1.807, 2.05) is 24.3 Å². The zero-order valence-corrected chi connectivity index (χ0v) is 29.1. The highest BCUT2D eigenvalue weighted by Gasteiger charge is 2.76. The van der Waals surface area contributed by atoms with Crippen molar-refractivity contribution in [3.05, 3.63) is 33.4 Å². The van der Waals surface area contributed by atoms with E-state index >= 15 is 0 Å². The minimum absolute atomic E-state index is 0.0390. The van der Waals surface area contributed by atoms with Crippen molar-refractivity contribution in [2.75, 3.05) is 13.2 Å². The predicted molar refractivity (Wildman–Crippen MR) is 175 cm³/mol. The van der Waals surface area contributed by atoms with Crippen LogP contribution in [0.15, 0.2) is 24.3 Å². The Morgan fingerprint density at radius 2 is 1.72 bits per heavy atom. The van der Waals surface area contributed by atoms with E-state index in [1.54, 1.807) is 0 Å². The number of rotatable bonds is 16. The van der Waals surface area contributed by atoms with Crippen LogP contribution < -0.4 is 10.6 Å². The molecule has 0 spiro atoms. The number of amides is 2. The summed E-state index contributed by atoms with van der Waals surface area (Å²) in [7, 11) is 0. The molecule has 1 aromatic rings. The molecule has 3 aliphatic heterocycles. The number of carbonyl (C=O) groups excluding carboxylic acids is 3. The summed E-state index contributed by atoms with van der Waals surface area (Å²) in [6, 6.07) is 5.35. The second kappa shape index (κ2) is 15.1. The van der Waals surface area contributed by atoms with Gasteiger partial charge in [0, 0.05) is 29.4 Å². The average molecular weight is 758 g/mol.